The molecule has 3 atom stereocenters. The van der Waals surface area contributed by atoms with Crippen molar-refractivity contribution in [1.29, 1.82) is 0 Å². The van der Waals surface area contributed by atoms with Gasteiger partial charge in [-0.05, 0) is 104 Å². The van der Waals surface area contributed by atoms with Crippen LogP contribution in [-0.4, -0.2) is 108 Å². The summed E-state index contributed by atoms with van der Waals surface area (Å²) in [6, 6.07) is 28.4. The van der Waals surface area contributed by atoms with E-state index >= 15 is 0 Å². The Morgan fingerprint density at radius 1 is 0.987 bits per heavy atom. The number of benzene rings is 4. The summed E-state index contributed by atoms with van der Waals surface area (Å²) in [4.78, 5) is 40.1. The number of anilines is 2. The second-order valence-electron chi connectivity index (χ2n) is 22.2. The molecule has 0 radical (unpaired) electrons. The number of aromatic nitrogens is 2. The van der Waals surface area contributed by atoms with Gasteiger partial charge < -0.3 is 29.8 Å². The lowest BCUT2D eigenvalue weighted by Crippen LogP contribution is -2.65. The molecule has 75 heavy (non-hydrogen) atoms. The molecule has 1 spiro atoms. The molecule has 394 valence electrons. The van der Waals surface area contributed by atoms with Crippen LogP contribution in [-0.2, 0) is 16.6 Å². The summed E-state index contributed by atoms with van der Waals surface area (Å²) in [7, 11) is -4.73. The van der Waals surface area contributed by atoms with Gasteiger partial charge in [0, 0.05) is 87.9 Å². The standard InChI is InChI=1S/C57H65FN8O8S/c1-36(2)42-11-7-8-12-43(42)46-32-63(31-37-9-5-4-6-10-37)22-17-49(46)65-34-57(35-65)20-23-64(24-21-57)39-13-14-44(51(25-39)74-40-26-45-47(58)30-60-54(45)59-29-40)55(67)62-75(71,72)41-27-50(66(69)70)53-52(28-41)73-33-48(61-53)38-15-18-56(3,68)19-16-38/h4-14,25-30,36,38,46,48-49,61,68H,15-24,31-35H2,1-3H3,(H,59,60)(H,62,67)/t38-,46-,48-,49-,56-/m1/s1. The van der Waals surface area contributed by atoms with Gasteiger partial charge in [-0.1, -0.05) is 68.4 Å². The highest BCUT2D eigenvalue weighted by atomic mass is 32.2. The Balaban J connectivity index is 0.803. The lowest BCUT2D eigenvalue weighted by molar-refractivity contribution is -0.384. The fourth-order valence-corrected chi connectivity index (χ4v) is 13.5. The van der Waals surface area contributed by atoms with Gasteiger partial charge >= 0.3 is 0 Å². The van der Waals surface area contributed by atoms with Gasteiger partial charge in [0.2, 0.25) is 0 Å². The number of ether oxygens (including phenoxy) is 2. The first-order chi connectivity index (χ1) is 36.0. The van der Waals surface area contributed by atoms with Crippen molar-refractivity contribution in [3.8, 4) is 17.2 Å². The van der Waals surface area contributed by atoms with E-state index in [0.29, 0.717) is 49.2 Å². The van der Waals surface area contributed by atoms with E-state index in [2.05, 4.69) is 103 Å². The number of nitrogens with one attached hydrogen (secondary N) is 3. The van der Waals surface area contributed by atoms with E-state index in [4.69, 9.17) is 9.47 Å². The maximum absolute atomic E-state index is 14.8. The highest BCUT2D eigenvalue weighted by Gasteiger charge is 2.50. The predicted molar refractivity (Wildman–Crippen MR) is 285 cm³/mol. The molecule has 1 aliphatic carbocycles. The minimum Gasteiger partial charge on any atom is -0.489 e. The Kier molecular flexibility index (Phi) is 13.6. The van der Waals surface area contributed by atoms with Crippen LogP contribution in [0.5, 0.6) is 17.2 Å². The minimum absolute atomic E-state index is 0.0120. The molecule has 1 amide bonds. The molecular weight excluding hydrogens is 976 g/mol. The first-order valence-corrected chi connectivity index (χ1v) is 27.8. The average molecular weight is 1040 g/mol. The van der Waals surface area contributed by atoms with Crippen LogP contribution in [0.1, 0.15) is 105 Å². The van der Waals surface area contributed by atoms with E-state index < -0.39 is 42.9 Å². The predicted octanol–water partition coefficient (Wildman–Crippen LogP) is 9.72. The van der Waals surface area contributed by atoms with Gasteiger partial charge in [0.15, 0.2) is 11.4 Å². The van der Waals surface area contributed by atoms with Gasteiger partial charge in [-0.2, -0.15) is 0 Å². The van der Waals surface area contributed by atoms with E-state index in [-0.39, 0.29) is 57.9 Å². The molecule has 5 aliphatic rings. The number of carbonyl (C=O) groups is 1. The van der Waals surface area contributed by atoms with E-state index in [1.54, 1.807) is 19.1 Å². The van der Waals surface area contributed by atoms with Crippen LogP contribution >= 0.6 is 0 Å². The fraction of sp³-hybridized carbons (Fsp3) is 0.439. The van der Waals surface area contributed by atoms with Crippen LogP contribution in [0.15, 0.2) is 108 Å². The number of likely N-dealkylation sites (tertiary alicyclic amines) is 2. The number of pyridine rings is 1. The number of H-pyrrole nitrogens is 1. The van der Waals surface area contributed by atoms with Crippen LogP contribution in [0, 0.1) is 27.3 Å². The van der Waals surface area contributed by atoms with Gasteiger partial charge in [0.05, 0.1) is 38.6 Å². The van der Waals surface area contributed by atoms with E-state index in [0.717, 1.165) is 76.8 Å². The van der Waals surface area contributed by atoms with Crippen LogP contribution in [0.3, 0.4) is 0 Å². The average Bonchev–Trinajstić information content (AvgIpc) is 3.78. The minimum atomic E-state index is -4.73. The van der Waals surface area contributed by atoms with Gasteiger partial charge in [0.25, 0.3) is 21.6 Å². The molecule has 0 bridgehead atoms. The number of hydrogen-bond donors (Lipinski definition) is 4. The Labute approximate surface area is 436 Å². The molecule has 3 saturated heterocycles. The molecule has 18 heteroatoms. The SMILES string of the molecule is CC(C)c1ccccc1[C@H]1CN(Cc2ccccc2)CC[C@H]1N1CC2(CCN(c3ccc(C(=O)NS(=O)(=O)c4cc5c(c([N+](=O)[O-])c4)N[C@@H]([C@H]4CC[C@](C)(O)CC4)CO5)c(Oc4cnc5[nH]cc(F)c5c4)c3)CC2)C1. The topological polar surface area (TPSA) is 195 Å². The molecule has 6 aromatic rings. The second-order valence-corrected chi connectivity index (χ2v) is 23.9. The summed E-state index contributed by atoms with van der Waals surface area (Å²) in [5, 5.41) is 26.3. The molecule has 1 saturated carbocycles. The summed E-state index contributed by atoms with van der Waals surface area (Å²) in [5.74, 6) is -0.593. The molecule has 4 fully saturated rings. The third-order valence-electron chi connectivity index (χ3n) is 16.8. The number of nitro groups is 1. The number of halogens is 1. The van der Waals surface area contributed by atoms with Crippen molar-refractivity contribution in [2.45, 2.75) is 107 Å². The highest BCUT2D eigenvalue weighted by Crippen LogP contribution is 2.48. The number of amides is 1. The summed E-state index contributed by atoms with van der Waals surface area (Å²) < 4.78 is 57.3. The van der Waals surface area contributed by atoms with Crippen molar-refractivity contribution in [1.82, 2.24) is 24.5 Å². The Bertz CT molecular complexity index is 3220. The van der Waals surface area contributed by atoms with Crippen molar-refractivity contribution in [2.24, 2.45) is 11.3 Å². The third kappa shape index (κ3) is 10.4. The summed E-state index contributed by atoms with van der Waals surface area (Å²) in [6.07, 6.45) is 8.15. The van der Waals surface area contributed by atoms with Crippen LogP contribution < -0.4 is 24.4 Å². The van der Waals surface area contributed by atoms with E-state index in [1.807, 2.05) is 0 Å². The van der Waals surface area contributed by atoms with Crippen molar-refractivity contribution in [2.75, 3.05) is 56.1 Å². The lowest BCUT2D eigenvalue weighted by atomic mass is 9.69. The van der Waals surface area contributed by atoms with Crippen LogP contribution in [0.4, 0.5) is 21.5 Å². The monoisotopic (exact) mass is 1040 g/mol. The molecule has 4 aromatic carbocycles. The van der Waals surface area contributed by atoms with Gasteiger partial charge in [0.1, 0.15) is 29.6 Å². The molecular formula is C57H65FN8O8S. The number of piperidine rings is 2. The maximum atomic E-state index is 14.8. The van der Waals surface area contributed by atoms with Crippen molar-refractivity contribution in [3.63, 3.8) is 0 Å². The fourth-order valence-electron chi connectivity index (χ4n) is 12.5. The number of rotatable bonds is 13. The summed E-state index contributed by atoms with van der Waals surface area (Å²) in [5.41, 5.74) is 4.09. The molecule has 4 aliphatic heterocycles. The Hall–Kier alpha value is -6.60. The first kappa shape index (κ1) is 50.6. The van der Waals surface area contributed by atoms with Gasteiger partial charge in [-0.3, -0.25) is 24.7 Å². The third-order valence-corrected chi connectivity index (χ3v) is 18.1. The molecule has 11 rings (SSSR count). The van der Waals surface area contributed by atoms with Crippen LogP contribution in [0.2, 0.25) is 0 Å². The zero-order valence-corrected chi connectivity index (χ0v) is 43.5. The van der Waals surface area contributed by atoms with Crippen molar-refractivity contribution >= 4 is 44.0 Å². The van der Waals surface area contributed by atoms with Crippen LogP contribution in [0.25, 0.3) is 11.0 Å². The molecule has 6 heterocycles. The number of aliphatic hydroxyl groups is 1. The molecule has 16 nitrogen and oxygen atoms in total. The number of nitro benzene ring substituents is 1. The smallest absolute Gasteiger partial charge is 0.297 e. The number of fused-ring (bicyclic) bond motifs is 2. The maximum Gasteiger partial charge on any atom is 0.297 e. The Morgan fingerprint density at radius 2 is 1.73 bits per heavy atom. The number of hydrogen-bond acceptors (Lipinski definition) is 13. The van der Waals surface area contributed by atoms with Gasteiger partial charge in [-0.15, -0.1) is 0 Å². The van der Waals surface area contributed by atoms with Gasteiger partial charge in [-0.25, -0.2) is 22.5 Å². The van der Waals surface area contributed by atoms with E-state index in [9.17, 15) is 32.8 Å². The van der Waals surface area contributed by atoms with Crippen molar-refractivity contribution in [3.05, 3.63) is 142 Å². The zero-order chi connectivity index (χ0) is 52.2. The normalized spacial score (nSPS) is 24.0. The lowest BCUT2D eigenvalue weighted by Gasteiger charge is -2.59. The number of aromatic amines is 1. The number of carbonyl (C=O) groups excluding carboxylic acids is 1. The Morgan fingerprint density at radius 3 is 2.48 bits per heavy atom. The second kappa shape index (κ2) is 20.2. The first-order valence-electron chi connectivity index (χ1n) is 26.3. The molecule has 2 aromatic heterocycles. The number of nitrogens with zero attached hydrogens (tertiary/aromatic N) is 5. The van der Waals surface area contributed by atoms with E-state index in [1.165, 1.54) is 47.3 Å². The summed E-state index contributed by atoms with van der Waals surface area (Å²) >= 11 is 0. The quantitative estimate of drug-likeness (QED) is 0.0631. The molecule has 0 unspecified atom stereocenters. The summed E-state index contributed by atoms with van der Waals surface area (Å²) in [6.45, 7) is 13.1. The van der Waals surface area contributed by atoms with Crippen molar-refractivity contribution < 1.29 is 37.1 Å². The molecule has 4 N–H and O–H groups in total. The zero-order valence-electron chi connectivity index (χ0n) is 42.6. The highest BCUT2D eigenvalue weighted by molar-refractivity contribution is 7.90. The number of sulfonamides is 1. The largest absolute Gasteiger partial charge is 0.489 e.